The molecule has 8 heteroatoms. The van der Waals surface area contributed by atoms with Crippen molar-refractivity contribution in [3.8, 4) is 0 Å². The lowest BCUT2D eigenvalue weighted by molar-refractivity contribution is -0.897. The molecule has 2 heterocycles. The number of fused-ring (bicyclic) bond motifs is 1. The van der Waals surface area contributed by atoms with E-state index in [4.69, 9.17) is 10.5 Å². The number of H-pyrrole nitrogens is 1. The van der Waals surface area contributed by atoms with Gasteiger partial charge in [-0.1, -0.05) is 12.1 Å². The fourth-order valence-corrected chi connectivity index (χ4v) is 3.70. The second kappa shape index (κ2) is 7.79. The Morgan fingerprint density at radius 1 is 1.30 bits per heavy atom. The molecular formula is C19H25N4O4+. The third-order valence-electron chi connectivity index (χ3n) is 5.19. The molecule has 0 spiro atoms. The Labute approximate surface area is 157 Å². The average Bonchev–Trinajstić information content (AvgIpc) is 3.01. The zero-order valence-electron chi connectivity index (χ0n) is 15.6. The van der Waals surface area contributed by atoms with Crippen LogP contribution in [0.2, 0.25) is 0 Å². The maximum Gasteiger partial charge on any atom is 0.356 e. The van der Waals surface area contributed by atoms with Crippen molar-refractivity contribution in [1.82, 2.24) is 4.98 Å². The molecule has 3 rings (SSSR count). The normalized spacial score (nSPS) is 19.6. The number of carbonyl (C=O) groups excluding carboxylic acids is 3. The molecule has 0 bridgehead atoms. The molecule has 1 fully saturated rings. The molecule has 1 aliphatic rings. The topological polar surface area (TPSA) is 119 Å². The number of aryl methyl sites for hydroxylation is 1. The fraction of sp³-hybridized carbons (Fsp3) is 0.421. The number of hydrogen-bond acceptors (Lipinski definition) is 4. The van der Waals surface area contributed by atoms with Crippen LogP contribution >= 0.6 is 0 Å². The van der Waals surface area contributed by atoms with Crippen LogP contribution in [0.15, 0.2) is 18.2 Å². The van der Waals surface area contributed by atoms with Gasteiger partial charge in [0.2, 0.25) is 5.91 Å². The molecule has 2 amide bonds. The molecule has 2 aromatic rings. The minimum Gasteiger partial charge on any atom is -0.464 e. The molecule has 1 aromatic carbocycles. The molecule has 0 saturated carbocycles. The number of esters is 1. The summed E-state index contributed by atoms with van der Waals surface area (Å²) in [6.07, 6.45) is 1.38. The van der Waals surface area contributed by atoms with Crippen molar-refractivity contribution in [2.24, 2.45) is 11.7 Å². The minimum absolute atomic E-state index is 0.0981. The van der Waals surface area contributed by atoms with E-state index in [1.54, 1.807) is 0 Å². The SMILES string of the molecule is COC(=O)c1[nH]c2cccc(C)c2c1NC(=O)C[NH+]1CCC(C(N)=O)CC1. The van der Waals surface area contributed by atoms with Gasteiger partial charge in [-0.2, -0.15) is 0 Å². The van der Waals surface area contributed by atoms with E-state index in [9.17, 15) is 14.4 Å². The number of aromatic nitrogens is 1. The zero-order valence-corrected chi connectivity index (χ0v) is 15.6. The number of rotatable bonds is 5. The molecule has 144 valence electrons. The molecular weight excluding hydrogens is 348 g/mol. The van der Waals surface area contributed by atoms with Gasteiger partial charge >= 0.3 is 5.97 Å². The van der Waals surface area contributed by atoms with Gasteiger partial charge in [0.05, 0.1) is 25.9 Å². The number of aromatic amines is 1. The van der Waals surface area contributed by atoms with Crippen LogP contribution in [0.1, 0.15) is 28.9 Å². The van der Waals surface area contributed by atoms with E-state index in [-0.39, 0.29) is 30.0 Å². The molecule has 1 saturated heterocycles. The van der Waals surface area contributed by atoms with E-state index in [2.05, 4.69) is 10.3 Å². The largest absolute Gasteiger partial charge is 0.464 e. The Balaban J connectivity index is 1.77. The lowest BCUT2D eigenvalue weighted by Crippen LogP contribution is -3.14. The standard InChI is InChI=1S/C19H24N4O4/c1-11-4-3-5-13-15(11)16(17(21-13)19(26)27-2)22-14(24)10-23-8-6-12(7-9-23)18(20)25/h3-5,12,21H,6-10H2,1-2H3,(H2,20,25)(H,22,24)/p+1. The second-order valence-electron chi connectivity index (χ2n) is 7.02. The molecule has 0 unspecified atom stereocenters. The lowest BCUT2D eigenvalue weighted by atomic mass is 9.96. The van der Waals surface area contributed by atoms with Crippen LogP contribution in [0.25, 0.3) is 10.9 Å². The summed E-state index contributed by atoms with van der Waals surface area (Å²) in [5.74, 6) is -1.08. The van der Waals surface area contributed by atoms with Crippen molar-refractivity contribution >= 4 is 34.4 Å². The summed E-state index contributed by atoms with van der Waals surface area (Å²) in [4.78, 5) is 40.2. The van der Waals surface area contributed by atoms with Gasteiger partial charge in [-0.15, -0.1) is 0 Å². The van der Waals surface area contributed by atoms with Crippen molar-refractivity contribution in [2.45, 2.75) is 19.8 Å². The number of piperidine rings is 1. The Morgan fingerprint density at radius 3 is 2.63 bits per heavy atom. The number of nitrogens with one attached hydrogen (secondary N) is 3. The summed E-state index contributed by atoms with van der Waals surface area (Å²) in [6.45, 7) is 3.63. The highest BCUT2D eigenvalue weighted by molar-refractivity contribution is 6.12. The molecule has 27 heavy (non-hydrogen) atoms. The first-order chi connectivity index (χ1) is 12.9. The first-order valence-corrected chi connectivity index (χ1v) is 9.03. The highest BCUT2D eigenvalue weighted by atomic mass is 16.5. The quantitative estimate of drug-likeness (QED) is 0.551. The van der Waals surface area contributed by atoms with Crippen LogP contribution in [-0.4, -0.2) is 49.5 Å². The maximum atomic E-state index is 12.6. The molecule has 8 nitrogen and oxygen atoms in total. The molecule has 0 aliphatic carbocycles. The highest BCUT2D eigenvalue weighted by Crippen LogP contribution is 2.31. The Hall–Kier alpha value is -2.87. The average molecular weight is 373 g/mol. The van der Waals surface area contributed by atoms with Crippen LogP contribution in [-0.2, 0) is 14.3 Å². The van der Waals surface area contributed by atoms with Gasteiger partial charge in [0.15, 0.2) is 6.54 Å². The third-order valence-corrected chi connectivity index (χ3v) is 5.19. The van der Waals surface area contributed by atoms with Crippen molar-refractivity contribution in [3.63, 3.8) is 0 Å². The van der Waals surface area contributed by atoms with E-state index in [1.165, 1.54) is 7.11 Å². The van der Waals surface area contributed by atoms with Gasteiger partial charge in [-0.25, -0.2) is 4.79 Å². The summed E-state index contributed by atoms with van der Waals surface area (Å²) in [7, 11) is 1.30. The molecule has 5 N–H and O–H groups in total. The Bertz CT molecular complexity index is 881. The fourth-order valence-electron chi connectivity index (χ4n) is 3.70. The van der Waals surface area contributed by atoms with Crippen molar-refractivity contribution < 1.29 is 24.0 Å². The van der Waals surface area contributed by atoms with Gasteiger partial charge < -0.3 is 25.7 Å². The van der Waals surface area contributed by atoms with E-state index < -0.39 is 5.97 Å². The molecule has 0 atom stereocenters. The number of methoxy groups -OCH3 is 1. The monoisotopic (exact) mass is 373 g/mol. The number of carbonyl (C=O) groups is 3. The number of primary amides is 1. The van der Waals surface area contributed by atoms with Gasteiger partial charge in [0, 0.05) is 29.7 Å². The molecule has 1 aliphatic heterocycles. The maximum absolute atomic E-state index is 12.6. The van der Waals surface area contributed by atoms with Gasteiger partial charge in [0.25, 0.3) is 5.91 Å². The van der Waals surface area contributed by atoms with E-state index >= 15 is 0 Å². The van der Waals surface area contributed by atoms with Crippen LogP contribution in [0, 0.1) is 12.8 Å². The van der Waals surface area contributed by atoms with Crippen LogP contribution in [0.3, 0.4) is 0 Å². The third kappa shape index (κ3) is 3.95. The van der Waals surface area contributed by atoms with Gasteiger partial charge in [-0.05, 0) is 18.6 Å². The van der Waals surface area contributed by atoms with Crippen LogP contribution in [0.4, 0.5) is 5.69 Å². The van der Waals surface area contributed by atoms with Crippen molar-refractivity contribution in [2.75, 3.05) is 32.1 Å². The second-order valence-corrected chi connectivity index (χ2v) is 7.02. The number of amides is 2. The summed E-state index contributed by atoms with van der Waals surface area (Å²) in [5, 5.41) is 3.69. The molecule has 0 radical (unpaired) electrons. The summed E-state index contributed by atoms with van der Waals surface area (Å²) < 4.78 is 4.84. The highest BCUT2D eigenvalue weighted by Gasteiger charge is 2.28. The number of nitrogens with two attached hydrogens (primary N) is 1. The predicted octanol–water partition coefficient (Wildman–Crippen LogP) is -0.0184. The number of benzene rings is 1. The number of ether oxygens (including phenoxy) is 1. The Kier molecular flexibility index (Phi) is 5.46. The smallest absolute Gasteiger partial charge is 0.356 e. The summed E-state index contributed by atoms with van der Waals surface area (Å²) >= 11 is 0. The molecule has 1 aromatic heterocycles. The minimum atomic E-state index is -0.532. The first-order valence-electron chi connectivity index (χ1n) is 9.03. The predicted molar refractivity (Wildman–Crippen MR) is 100 cm³/mol. The van der Waals surface area contributed by atoms with Gasteiger partial charge in [0.1, 0.15) is 5.69 Å². The number of likely N-dealkylation sites (tertiary alicyclic amines) is 1. The Morgan fingerprint density at radius 2 is 2.00 bits per heavy atom. The lowest BCUT2D eigenvalue weighted by Gasteiger charge is -2.27. The van der Waals surface area contributed by atoms with Crippen LogP contribution < -0.4 is 16.0 Å². The van der Waals surface area contributed by atoms with Crippen molar-refractivity contribution in [3.05, 3.63) is 29.5 Å². The van der Waals surface area contributed by atoms with Crippen molar-refractivity contribution in [1.29, 1.82) is 0 Å². The number of hydrogen-bond donors (Lipinski definition) is 4. The zero-order chi connectivity index (χ0) is 19.6. The van der Waals surface area contributed by atoms with E-state index in [1.807, 2.05) is 25.1 Å². The van der Waals surface area contributed by atoms with Crippen LogP contribution in [0.5, 0.6) is 0 Å². The number of quaternary nitrogens is 1. The number of anilines is 1. The van der Waals surface area contributed by atoms with E-state index in [0.717, 1.165) is 34.5 Å². The summed E-state index contributed by atoms with van der Waals surface area (Å²) in [6, 6.07) is 5.66. The first kappa shape index (κ1) is 18.9. The van der Waals surface area contributed by atoms with E-state index in [0.29, 0.717) is 18.5 Å². The van der Waals surface area contributed by atoms with Gasteiger partial charge in [-0.3, -0.25) is 9.59 Å². The summed E-state index contributed by atoms with van der Waals surface area (Å²) in [5.41, 5.74) is 7.75.